The average molecular weight is 485 g/mol. The van der Waals surface area contributed by atoms with Gasteiger partial charge in [-0.2, -0.15) is 0 Å². The SMILES string of the molecule is COc1cccc([C@@]2(C)NC(=O)N(CN3CCN(C(c4ccccc4)c4ccccc4)CC3)C2=O)c1. The van der Waals surface area contributed by atoms with Crippen molar-refractivity contribution in [2.45, 2.75) is 18.5 Å². The quantitative estimate of drug-likeness (QED) is 0.517. The van der Waals surface area contributed by atoms with E-state index in [-0.39, 0.29) is 24.6 Å². The Labute approximate surface area is 212 Å². The van der Waals surface area contributed by atoms with Gasteiger partial charge in [-0.15, -0.1) is 0 Å². The zero-order valence-corrected chi connectivity index (χ0v) is 20.8. The molecule has 7 nitrogen and oxygen atoms in total. The van der Waals surface area contributed by atoms with Gasteiger partial charge in [0.15, 0.2) is 0 Å². The van der Waals surface area contributed by atoms with Crippen molar-refractivity contribution in [2.24, 2.45) is 0 Å². The van der Waals surface area contributed by atoms with E-state index >= 15 is 0 Å². The number of hydrogen-bond donors (Lipinski definition) is 1. The van der Waals surface area contributed by atoms with Crippen molar-refractivity contribution in [3.63, 3.8) is 0 Å². The van der Waals surface area contributed by atoms with Crippen LogP contribution in [0.1, 0.15) is 29.7 Å². The van der Waals surface area contributed by atoms with Gasteiger partial charge in [0.2, 0.25) is 0 Å². The summed E-state index contributed by atoms with van der Waals surface area (Å²) in [5, 5.41) is 2.90. The van der Waals surface area contributed by atoms with Gasteiger partial charge >= 0.3 is 6.03 Å². The number of ether oxygens (including phenoxy) is 1. The summed E-state index contributed by atoms with van der Waals surface area (Å²) < 4.78 is 5.31. The van der Waals surface area contributed by atoms with Crippen LogP contribution in [-0.2, 0) is 10.3 Å². The second-order valence-electron chi connectivity index (χ2n) is 9.54. The fraction of sp³-hybridized carbons (Fsp3) is 0.310. The topological polar surface area (TPSA) is 65.1 Å². The van der Waals surface area contributed by atoms with Crippen LogP contribution in [0.4, 0.5) is 4.79 Å². The van der Waals surface area contributed by atoms with Gasteiger partial charge in [0.05, 0.1) is 19.8 Å². The molecule has 1 N–H and O–H groups in total. The number of carbonyl (C=O) groups excluding carboxylic acids is 2. The number of hydrogen-bond acceptors (Lipinski definition) is 5. The third-order valence-corrected chi connectivity index (χ3v) is 7.27. The highest BCUT2D eigenvalue weighted by Crippen LogP contribution is 2.32. The maximum absolute atomic E-state index is 13.4. The van der Waals surface area contributed by atoms with E-state index in [1.54, 1.807) is 20.1 Å². The molecule has 2 aliphatic rings. The zero-order valence-electron chi connectivity index (χ0n) is 20.8. The van der Waals surface area contributed by atoms with Crippen LogP contribution >= 0.6 is 0 Å². The molecular weight excluding hydrogens is 452 g/mol. The van der Waals surface area contributed by atoms with Crippen molar-refractivity contribution in [3.8, 4) is 5.75 Å². The van der Waals surface area contributed by atoms with Gasteiger partial charge in [-0.1, -0.05) is 72.8 Å². The fourth-order valence-electron chi connectivity index (χ4n) is 5.20. The molecule has 7 heteroatoms. The van der Waals surface area contributed by atoms with Crippen molar-refractivity contribution in [2.75, 3.05) is 40.0 Å². The second-order valence-corrected chi connectivity index (χ2v) is 9.54. The first kappa shape index (κ1) is 24.0. The summed E-state index contributed by atoms with van der Waals surface area (Å²) in [4.78, 5) is 32.3. The van der Waals surface area contributed by atoms with Gasteiger partial charge in [-0.05, 0) is 35.7 Å². The summed E-state index contributed by atoms with van der Waals surface area (Å²) in [5.74, 6) is 0.409. The fourth-order valence-corrected chi connectivity index (χ4v) is 5.20. The third-order valence-electron chi connectivity index (χ3n) is 7.27. The van der Waals surface area contributed by atoms with Gasteiger partial charge in [-0.25, -0.2) is 9.69 Å². The van der Waals surface area contributed by atoms with Crippen LogP contribution in [0.5, 0.6) is 5.75 Å². The van der Waals surface area contributed by atoms with E-state index in [0.717, 1.165) is 26.2 Å². The Bertz CT molecular complexity index is 1170. The Hall–Kier alpha value is -3.68. The summed E-state index contributed by atoms with van der Waals surface area (Å²) in [6, 6.07) is 28.2. The van der Waals surface area contributed by atoms with Gasteiger partial charge in [0.1, 0.15) is 11.3 Å². The lowest BCUT2D eigenvalue weighted by Crippen LogP contribution is -2.52. The van der Waals surface area contributed by atoms with Gasteiger partial charge in [0, 0.05) is 26.2 Å². The summed E-state index contributed by atoms with van der Waals surface area (Å²) >= 11 is 0. The van der Waals surface area contributed by atoms with E-state index in [9.17, 15) is 9.59 Å². The molecule has 0 aromatic heterocycles. The van der Waals surface area contributed by atoms with E-state index in [1.165, 1.54) is 16.0 Å². The molecule has 0 unspecified atom stereocenters. The number of carbonyl (C=O) groups is 2. The maximum atomic E-state index is 13.4. The summed E-state index contributed by atoms with van der Waals surface area (Å²) in [6.07, 6.45) is 0. The third kappa shape index (κ3) is 4.59. The molecule has 2 saturated heterocycles. The maximum Gasteiger partial charge on any atom is 0.326 e. The van der Waals surface area contributed by atoms with Crippen molar-refractivity contribution in [3.05, 3.63) is 102 Å². The van der Waals surface area contributed by atoms with E-state index in [2.05, 4.69) is 63.6 Å². The number of urea groups is 1. The number of nitrogens with zero attached hydrogens (tertiary/aromatic N) is 3. The first-order valence-corrected chi connectivity index (χ1v) is 12.3. The molecule has 0 radical (unpaired) electrons. The molecule has 0 aliphatic carbocycles. The predicted octanol–water partition coefficient (Wildman–Crippen LogP) is 3.83. The van der Waals surface area contributed by atoms with Crippen LogP contribution in [0.25, 0.3) is 0 Å². The molecule has 0 saturated carbocycles. The first-order valence-electron chi connectivity index (χ1n) is 12.3. The highest BCUT2D eigenvalue weighted by Gasteiger charge is 2.49. The number of amides is 3. The standard InChI is InChI=1S/C29H32N4O3/c1-29(24-14-9-15-25(20-24)36-2)27(34)33(28(35)30-29)21-31-16-18-32(19-17-31)26(22-10-5-3-6-11-22)23-12-7-4-8-13-23/h3-15,20,26H,16-19,21H2,1-2H3,(H,30,35)/t29-/m1/s1. The van der Waals surface area contributed by atoms with Crippen molar-refractivity contribution < 1.29 is 14.3 Å². The monoisotopic (exact) mass is 484 g/mol. The Balaban J connectivity index is 1.27. The molecule has 3 aromatic carbocycles. The minimum Gasteiger partial charge on any atom is -0.497 e. The summed E-state index contributed by atoms with van der Waals surface area (Å²) in [5.41, 5.74) is 2.13. The summed E-state index contributed by atoms with van der Waals surface area (Å²) in [7, 11) is 1.59. The van der Waals surface area contributed by atoms with Gasteiger partial charge < -0.3 is 10.1 Å². The minimum absolute atomic E-state index is 0.169. The molecule has 0 spiro atoms. The number of methoxy groups -OCH3 is 1. The average Bonchev–Trinajstić information content (AvgIpc) is 3.15. The number of nitrogens with one attached hydrogen (secondary N) is 1. The van der Waals surface area contributed by atoms with Gasteiger partial charge in [0.25, 0.3) is 5.91 Å². The molecule has 2 aliphatic heterocycles. The number of piperazine rings is 1. The Kier molecular flexibility index (Phi) is 6.76. The predicted molar refractivity (Wildman–Crippen MR) is 138 cm³/mol. The second kappa shape index (κ2) is 10.1. The van der Waals surface area contributed by atoms with Crippen LogP contribution in [-0.4, -0.2) is 66.6 Å². The molecule has 36 heavy (non-hydrogen) atoms. The molecule has 0 bridgehead atoms. The minimum atomic E-state index is -1.11. The molecule has 186 valence electrons. The van der Waals surface area contributed by atoms with Gasteiger partial charge in [-0.3, -0.25) is 14.6 Å². The van der Waals surface area contributed by atoms with E-state index in [4.69, 9.17) is 4.74 Å². The number of rotatable bonds is 7. The van der Waals surface area contributed by atoms with E-state index in [1.807, 2.05) is 30.3 Å². The Morgan fingerprint density at radius 2 is 1.47 bits per heavy atom. The van der Waals surface area contributed by atoms with Crippen molar-refractivity contribution in [1.29, 1.82) is 0 Å². The zero-order chi connectivity index (χ0) is 25.1. The van der Waals surface area contributed by atoms with Crippen LogP contribution < -0.4 is 10.1 Å². The first-order chi connectivity index (χ1) is 17.5. The lowest BCUT2D eigenvalue weighted by atomic mass is 9.92. The Morgan fingerprint density at radius 1 is 0.861 bits per heavy atom. The molecule has 2 fully saturated rings. The number of imide groups is 1. The summed E-state index contributed by atoms with van der Waals surface area (Å²) in [6.45, 7) is 5.24. The largest absolute Gasteiger partial charge is 0.497 e. The Morgan fingerprint density at radius 3 is 2.06 bits per heavy atom. The molecular formula is C29H32N4O3. The van der Waals surface area contributed by atoms with Crippen LogP contribution in [0, 0.1) is 0 Å². The smallest absolute Gasteiger partial charge is 0.326 e. The lowest BCUT2D eigenvalue weighted by Gasteiger charge is -2.40. The molecule has 5 rings (SSSR count). The molecule has 2 heterocycles. The highest BCUT2D eigenvalue weighted by atomic mass is 16.5. The van der Waals surface area contributed by atoms with Crippen molar-refractivity contribution >= 4 is 11.9 Å². The normalized spacial score (nSPS) is 21.1. The van der Waals surface area contributed by atoms with E-state index < -0.39 is 5.54 Å². The lowest BCUT2D eigenvalue weighted by molar-refractivity contribution is -0.132. The van der Waals surface area contributed by atoms with Crippen LogP contribution in [0.3, 0.4) is 0 Å². The molecule has 3 amide bonds. The molecule has 3 aromatic rings. The number of benzene rings is 3. The van der Waals surface area contributed by atoms with E-state index in [0.29, 0.717) is 11.3 Å². The van der Waals surface area contributed by atoms with Crippen LogP contribution in [0.2, 0.25) is 0 Å². The van der Waals surface area contributed by atoms with Crippen molar-refractivity contribution in [1.82, 2.24) is 20.0 Å². The highest BCUT2D eigenvalue weighted by molar-refractivity contribution is 6.07. The molecule has 1 atom stereocenters. The van der Waals surface area contributed by atoms with Crippen LogP contribution in [0.15, 0.2) is 84.9 Å².